The molecule has 0 radical (unpaired) electrons. The monoisotopic (exact) mass is 379 g/mol. The molecule has 8 nitrogen and oxygen atoms in total. The van der Waals surface area contributed by atoms with E-state index >= 15 is 0 Å². The van der Waals surface area contributed by atoms with Crippen molar-refractivity contribution in [3.8, 4) is 11.4 Å². The van der Waals surface area contributed by atoms with Crippen LogP contribution in [0.5, 0.6) is 0 Å². The summed E-state index contributed by atoms with van der Waals surface area (Å²) in [5, 5.41) is 23.9. The first-order chi connectivity index (χ1) is 13.4. The van der Waals surface area contributed by atoms with Gasteiger partial charge in [-0.25, -0.2) is 0 Å². The van der Waals surface area contributed by atoms with Crippen molar-refractivity contribution in [3.63, 3.8) is 0 Å². The number of hydrogen-bond donors (Lipinski definition) is 2. The lowest BCUT2D eigenvalue weighted by Gasteiger charge is -2.08. The second kappa shape index (κ2) is 8.43. The Labute approximate surface area is 162 Å². The van der Waals surface area contributed by atoms with Crippen molar-refractivity contribution in [3.05, 3.63) is 59.7 Å². The van der Waals surface area contributed by atoms with Gasteiger partial charge in [0.1, 0.15) is 6.54 Å². The number of carboxylic acid groups (broad SMARTS) is 1. The first-order valence-electron chi connectivity index (χ1n) is 8.87. The Hall–Kier alpha value is -3.55. The molecule has 144 valence electrons. The first-order valence-corrected chi connectivity index (χ1v) is 8.87. The quantitative estimate of drug-likeness (QED) is 0.653. The third-order valence-corrected chi connectivity index (χ3v) is 4.25. The summed E-state index contributed by atoms with van der Waals surface area (Å²) in [6.07, 6.45) is 0.439. The van der Waals surface area contributed by atoms with Gasteiger partial charge in [0.05, 0.1) is 5.92 Å². The van der Waals surface area contributed by atoms with Crippen molar-refractivity contribution in [2.24, 2.45) is 5.92 Å². The number of aromatic nitrogens is 4. The van der Waals surface area contributed by atoms with E-state index in [1.165, 1.54) is 4.80 Å². The second-order valence-electron chi connectivity index (χ2n) is 6.70. The molecule has 0 fully saturated rings. The highest BCUT2D eigenvalue weighted by atomic mass is 16.4. The van der Waals surface area contributed by atoms with Crippen LogP contribution in [0.25, 0.3) is 11.4 Å². The summed E-state index contributed by atoms with van der Waals surface area (Å²) >= 11 is 0. The molecule has 1 heterocycles. The highest BCUT2D eigenvalue weighted by molar-refractivity contribution is 5.90. The number of nitrogens with zero attached hydrogens (tertiary/aromatic N) is 4. The largest absolute Gasteiger partial charge is 0.481 e. The van der Waals surface area contributed by atoms with Gasteiger partial charge in [-0.2, -0.15) is 4.80 Å². The van der Waals surface area contributed by atoms with Crippen molar-refractivity contribution in [1.29, 1.82) is 0 Å². The van der Waals surface area contributed by atoms with Crippen LogP contribution in [0.3, 0.4) is 0 Å². The van der Waals surface area contributed by atoms with Gasteiger partial charge in [-0.3, -0.25) is 9.59 Å². The predicted octanol–water partition coefficient (Wildman–Crippen LogP) is 2.55. The maximum atomic E-state index is 12.2. The molecule has 0 saturated heterocycles. The molecule has 0 aliphatic rings. The molecule has 1 atom stereocenters. The zero-order valence-corrected chi connectivity index (χ0v) is 15.7. The van der Waals surface area contributed by atoms with Gasteiger partial charge < -0.3 is 10.4 Å². The summed E-state index contributed by atoms with van der Waals surface area (Å²) < 4.78 is 0. The molecule has 28 heavy (non-hydrogen) atoms. The third kappa shape index (κ3) is 5.00. The van der Waals surface area contributed by atoms with E-state index in [-0.39, 0.29) is 12.5 Å². The van der Waals surface area contributed by atoms with Crippen LogP contribution in [0.15, 0.2) is 48.5 Å². The molecule has 3 rings (SSSR count). The Balaban J connectivity index is 1.57. The van der Waals surface area contributed by atoms with E-state index in [9.17, 15) is 9.59 Å². The van der Waals surface area contributed by atoms with Crippen LogP contribution in [0, 0.1) is 12.8 Å². The predicted molar refractivity (Wildman–Crippen MR) is 104 cm³/mol. The molecule has 0 saturated carbocycles. The van der Waals surface area contributed by atoms with Crippen LogP contribution < -0.4 is 5.32 Å². The van der Waals surface area contributed by atoms with E-state index < -0.39 is 11.9 Å². The molecule has 0 aliphatic carbocycles. The van der Waals surface area contributed by atoms with E-state index in [1.54, 1.807) is 31.2 Å². The Morgan fingerprint density at radius 3 is 2.43 bits per heavy atom. The first kappa shape index (κ1) is 19.2. The van der Waals surface area contributed by atoms with Gasteiger partial charge >= 0.3 is 5.97 Å². The maximum Gasteiger partial charge on any atom is 0.306 e. The number of nitrogens with one attached hydrogen (secondary N) is 1. The van der Waals surface area contributed by atoms with Gasteiger partial charge in [-0.05, 0) is 36.3 Å². The molecule has 2 aromatic carbocycles. The average molecular weight is 379 g/mol. The van der Waals surface area contributed by atoms with E-state index in [0.29, 0.717) is 17.9 Å². The number of aliphatic carboxylic acids is 1. The van der Waals surface area contributed by atoms with Crippen molar-refractivity contribution in [2.45, 2.75) is 26.8 Å². The fraction of sp³-hybridized carbons (Fsp3) is 0.250. The fourth-order valence-electron chi connectivity index (χ4n) is 2.62. The Morgan fingerprint density at radius 2 is 1.79 bits per heavy atom. The number of carboxylic acids is 1. The number of amides is 1. The summed E-state index contributed by atoms with van der Waals surface area (Å²) in [7, 11) is 0. The number of hydrogen-bond acceptors (Lipinski definition) is 5. The summed E-state index contributed by atoms with van der Waals surface area (Å²) in [5.41, 5.74) is 3.49. The Kier molecular flexibility index (Phi) is 5.78. The zero-order valence-electron chi connectivity index (χ0n) is 15.7. The van der Waals surface area contributed by atoms with Crippen LogP contribution >= 0.6 is 0 Å². The lowest BCUT2D eigenvalue weighted by atomic mass is 10.0. The van der Waals surface area contributed by atoms with Gasteiger partial charge in [-0.15, -0.1) is 10.2 Å². The van der Waals surface area contributed by atoms with Crippen molar-refractivity contribution < 1.29 is 14.7 Å². The summed E-state index contributed by atoms with van der Waals surface area (Å²) in [6.45, 7) is 3.60. The molecule has 0 aliphatic heterocycles. The molecular formula is C20H21N5O3. The van der Waals surface area contributed by atoms with Crippen molar-refractivity contribution >= 4 is 17.6 Å². The standard InChI is InChI=1S/C20H21N5O3/c1-13-3-7-16(8-4-13)19-22-24-25(23-19)12-18(26)21-17-9-5-15(6-10-17)11-14(2)20(27)28/h3-10,14H,11-12H2,1-2H3,(H,21,26)(H,27,28). The lowest BCUT2D eigenvalue weighted by Crippen LogP contribution is -2.20. The number of benzene rings is 2. The molecule has 1 aromatic heterocycles. The van der Waals surface area contributed by atoms with Crippen LogP contribution in [-0.4, -0.2) is 37.2 Å². The molecular weight excluding hydrogens is 358 g/mol. The second-order valence-corrected chi connectivity index (χ2v) is 6.70. The topological polar surface area (TPSA) is 110 Å². The molecule has 0 spiro atoms. The van der Waals surface area contributed by atoms with E-state index in [4.69, 9.17) is 5.11 Å². The number of anilines is 1. The SMILES string of the molecule is Cc1ccc(-c2nnn(CC(=O)Nc3ccc(CC(C)C(=O)O)cc3)n2)cc1. The third-order valence-electron chi connectivity index (χ3n) is 4.25. The van der Waals surface area contributed by atoms with Crippen LogP contribution in [0.2, 0.25) is 0 Å². The van der Waals surface area contributed by atoms with Gasteiger partial charge in [0.2, 0.25) is 11.7 Å². The summed E-state index contributed by atoms with van der Waals surface area (Å²) in [4.78, 5) is 24.4. The number of aryl methyl sites for hydroxylation is 1. The van der Waals surface area contributed by atoms with Crippen LogP contribution in [0.1, 0.15) is 18.1 Å². The van der Waals surface area contributed by atoms with Gasteiger partial charge in [0, 0.05) is 11.3 Å². The molecule has 3 aromatic rings. The van der Waals surface area contributed by atoms with Gasteiger partial charge in [0.15, 0.2) is 0 Å². The number of rotatable bonds is 7. The average Bonchev–Trinajstić information content (AvgIpc) is 3.12. The highest BCUT2D eigenvalue weighted by Crippen LogP contribution is 2.15. The van der Waals surface area contributed by atoms with E-state index in [2.05, 4.69) is 20.7 Å². The van der Waals surface area contributed by atoms with Crippen molar-refractivity contribution in [1.82, 2.24) is 20.2 Å². The summed E-state index contributed by atoms with van der Waals surface area (Å²) in [5.74, 6) is -1.10. The maximum absolute atomic E-state index is 12.2. The summed E-state index contributed by atoms with van der Waals surface area (Å²) in [6, 6.07) is 14.8. The molecule has 1 unspecified atom stereocenters. The van der Waals surface area contributed by atoms with Crippen molar-refractivity contribution in [2.75, 3.05) is 5.32 Å². The normalized spacial score (nSPS) is 11.8. The minimum Gasteiger partial charge on any atom is -0.481 e. The minimum absolute atomic E-state index is 0.0589. The number of carbonyl (C=O) groups is 2. The molecule has 8 heteroatoms. The molecule has 1 amide bonds. The van der Waals surface area contributed by atoms with E-state index in [1.807, 2.05) is 31.2 Å². The van der Waals surface area contributed by atoms with Gasteiger partial charge in [-0.1, -0.05) is 48.9 Å². The minimum atomic E-state index is -0.831. The fourth-order valence-corrected chi connectivity index (χ4v) is 2.62. The smallest absolute Gasteiger partial charge is 0.306 e. The van der Waals surface area contributed by atoms with Gasteiger partial charge in [0.25, 0.3) is 0 Å². The number of carbonyl (C=O) groups excluding carboxylic acids is 1. The highest BCUT2D eigenvalue weighted by Gasteiger charge is 2.12. The van der Waals surface area contributed by atoms with Crippen LogP contribution in [0.4, 0.5) is 5.69 Å². The lowest BCUT2D eigenvalue weighted by molar-refractivity contribution is -0.141. The zero-order chi connectivity index (χ0) is 20.1. The Bertz CT molecular complexity index is 964. The van der Waals surface area contributed by atoms with Crippen LogP contribution in [-0.2, 0) is 22.6 Å². The molecule has 0 bridgehead atoms. The molecule has 2 N–H and O–H groups in total. The number of tetrazole rings is 1. The van der Waals surface area contributed by atoms with E-state index in [0.717, 1.165) is 16.7 Å². The Morgan fingerprint density at radius 1 is 1.11 bits per heavy atom.